The summed E-state index contributed by atoms with van der Waals surface area (Å²) in [5.41, 5.74) is 1.37. The summed E-state index contributed by atoms with van der Waals surface area (Å²) < 4.78 is 4.83. The number of carbonyl (C=O) groups is 2. The predicted molar refractivity (Wildman–Crippen MR) is 66.4 cm³/mol. The van der Waals surface area contributed by atoms with E-state index in [1.807, 2.05) is 30.3 Å². The first-order valence-corrected chi connectivity index (χ1v) is 5.55. The van der Waals surface area contributed by atoms with Crippen molar-refractivity contribution in [2.45, 2.75) is 20.3 Å². The first kappa shape index (κ1) is 13.2. The van der Waals surface area contributed by atoms with E-state index in [4.69, 9.17) is 4.74 Å². The number of rotatable bonds is 5. The lowest BCUT2D eigenvalue weighted by Crippen LogP contribution is -2.08. The van der Waals surface area contributed by atoms with Gasteiger partial charge < -0.3 is 4.74 Å². The number of benzene rings is 1. The molecule has 0 bridgehead atoms. The maximum Gasteiger partial charge on any atom is 0.310 e. The molecule has 3 heteroatoms. The van der Waals surface area contributed by atoms with Gasteiger partial charge in [-0.3, -0.25) is 9.59 Å². The molecule has 0 aliphatic carbocycles. The predicted octanol–water partition coefficient (Wildman–Crippen LogP) is 2.61. The van der Waals surface area contributed by atoms with Crippen LogP contribution in [0.4, 0.5) is 0 Å². The van der Waals surface area contributed by atoms with E-state index in [0.717, 1.165) is 5.56 Å². The molecule has 0 aliphatic rings. The molecule has 0 N–H and O–H groups in total. The molecule has 1 aromatic carbocycles. The van der Waals surface area contributed by atoms with Gasteiger partial charge in [-0.25, -0.2) is 0 Å². The molecule has 0 spiro atoms. The number of hydrogen-bond acceptors (Lipinski definition) is 3. The van der Waals surface area contributed by atoms with Gasteiger partial charge in [0.2, 0.25) is 0 Å². The second-order valence-corrected chi connectivity index (χ2v) is 3.62. The van der Waals surface area contributed by atoms with Crippen LogP contribution in [-0.4, -0.2) is 18.4 Å². The van der Waals surface area contributed by atoms with Crippen LogP contribution in [0.25, 0.3) is 6.08 Å². The van der Waals surface area contributed by atoms with E-state index < -0.39 is 0 Å². The summed E-state index contributed by atoms with van der Waals surface area (Å²) >= 11 is 0. The van der Waals surface area contributed by atoms with Crippen LogP contribution in [0, 0.1) is 0 Å². The number of carbonyl (C=O) groups excluding carboxylic acids is 2. The molecule has 17 heavy (non-hydrogen) atoms. The minimum Gasteiger partial charge on any atom is -0.466 e. The van der Waals surface area contributed by atoms with E-state index in [9.17, 15) is 9.59 Å². The van der Waals surface area contributed by atoms with Gasteiger partial charge in [-0.15, -0.1) is 0 Å². The highest BCUT2D eigenvalue weighted by molar-refractivity contribution is 6.01. The Morgan fingerprint density at radius 2 is 1.88 bits per heavy atom. The summed E-state index contributed by atoms with van der Waals surface area (Å²) in [4.78, 5) is 22.7. The van der Waals surface area contributed by atoms with Gasteiger partial charge in [0, 0.05) is 5.57 Å². The van der Waals surface area contributed by atoms with Crippen molar-refractivity contribution in [1.29, 1.82) is 0 Å². The van der Waals surface area contributed by atoms with Crippen LogP contribution in [0.2, 0.25) is 0 Å². The molecule has 1 aromatic rings. The Kier molecular flexibility index (Phi) is 5.14. The smallest absolute Gasteiger partial charge is 0.310 e. The third-order valence-corrected chi connectivity index (χ3v) is 2.23. The van der Waals surface area contributed by atoms with Crippen LogP contribution in [0.15, 0.2) is 35.9 Å². The largest absolute Gasteiger partial charge is 0.466 e. The summed E-state index contributed by atoms with van der Waals surface area (Å²) in [6.45, 7) is 3.52. The van der Waals surface area contributed by atoms with Crippen molar-refractivity contribution in [2.75, 3.05) is 6.61 Å². The van der Waals surface area contributed by atoms with Gasteiger partial charge in [0.1, 0.15) is 0 Å². The van der Waals surface area contributed by atoms with E-state index in [0.29, 0.717) is 12.2 Å². The van der Waals surface area contributed by atoms with Crippen molar-refractivity contribution in [1.82, 2.24) is 0 Å². The number of esters is 1. The SMILES string of the molecule is CCOC(=O)C/C(=C\c1ccccc1)C(C)=O. The minimum absolute atomic E-state index is 0.0259. The van der Waals surface area contributed by atoms with Gasteiger partial charge in [0.15, 0.2) is 5.78 Å². The number of ether oxygens (including phenoxy) is 1. The second-order valence-electron chi connectivity index (χ2n) is 3.62. The zero-order valence-corrected chi connectivity index (χ0v) is 10.1. The van der Waals surface area contributed by atoms with Gasteiger partial charge in [0.05, 0.1) is 13.0 Å². The molecule has 0 saturated heterocycles. The summed E-state index contributed by atoms with van der Waals surface area (Å²) in [7, 11) is 0. The molecule has 0 heterocycles. The molecule has 0 radical (unpaired) electrons. The molecule has 1 rings (SSSR count). The second kappa shape index (κ2) is 6.63. The molecule has 0 fully saturated rings. The lowest BCUT2D eigenvalue weighted by Gasteiger charge is -2.04. The molecule has 0 saturated carbocycles. The van der Waals surface area contributed by atoms with Gasteiger partial charge in [-0.05, 0) is 25.5 Å². The number of Topliss-reactive ketones (excluding diaryl/α,β-unsaturated/α-hetero) is 1. The minimum atomic E-state index is -0.370. The van der Waals surface area contributed by atoms with Crippen molar-refractivity contribution in [3.05, 3.63) is 41.5 Å². The molecular weight excluding hydrogens is 216 g/mol. The van der Waals surface area contributed by atoms with Crippen LogP contribution in [0.5, 0.6) is 0 Å². The third-order valence-electron chi connectivity index (χ3n) is 2.23. The zero-order valence-electron chi connectivity index (χ0n) is 10.1. The van der Waals surface area contributed by atoms with E-state index in [1.54, 1.807) is 13.0 Å². The highest BCUT2D eigenvalue weighted by atomic mass is 16.5. The average Bonchev–Trinajstić information content (AvgIpc) is 2.29. The van der Waals surface area contributed by atoms with Crippen molar-refractivity contribution >= 4 is 17.8 Å². The topological polar surface area (TPSA) is 43.4 Å². The normalized spacial score (nSPS) is 11.1. The first-order chi connectivity index (χ1) is 8.13. The van der Waals surface area contributed by atoms with E-state index in [2.05, 4.69) is 0 Å². The van der Waals surface area contributed by atoms with Crippen LogP contribution in [0.3, 0.4) is 0 Å². The van der Waals surface area contributed by atoms with Gasteiger partial charge in [0.25, 0.3) is 0 Å². The fraction of sp³-hybridized carbons (Fsp3) is 0.286. The molecule has 0 aliphatic heterocycles. The summed E-state index contributed by atoms with van der Waals surface area (Å²) in [5.74, 6) is -0.480. The third kappa shape index (κ3) is 4.64. The van der Waals surface area contributed by atoms with Crippen LogP contribution < -0.4 is 0 Å². The van der Waals surface area contributed by atoms with E-state index in [1.165, 1.54) is 6.92 Å². The lowest BCUT2D eigenvalue weighted by atomic mass is 10.1. The highest BCUT2D eigenvalue weighted by Crippen LogP contribution is 2.11. The quantitative estimate of drug-likeness (QED) is 0.579. The van der Waals surface area contributed by atoms with E-state index in [-0.39, 0.29) is 18.2 Å². The summed E-state index contributed by atoms with van der Waals surface area (Å²) in [6.07, 6.45) is 1.75. The Morgan fingerprint density at radius 3 is 2.41 bits per heavy atom. The fourth-order valence-corrected chi connectivity index (χ4v) is 1.40. The average molecular weight is 232 g/mol. The Bertz CT molecular complexity index is 418. The lowest BCUT2D eigenvalue weighted by molar-refractivity contribution is -0.142. The fourth-order valence-electron chi connectivity index (χ4n) is 1.40. The van der Waals surface area contributed by atoms with Crippen molar-refractivity contribution in [3.8, 4) is 0 Å². The maximum atomic E-state index is 11.4. The summed E-state index contributed by atoms with van der Waals surface area (Å²) in [6, 6.07) is 9.43. The zero-order chi connectivity index (χ0) is 12.7. The molecular formula is C14H16O3. The van der Waals surface area contributed by atoms with Crippen molar-refractivity contribution in [2.24, 2.45) is 0 Å². The van der Waals surface area contributed by atoms with Gasteiger partial charge >= 0.3 is 5.97 Å². The Balaban J connectivity index is 2.83. The van der Waals surface area contributed by atoms with Crippen molar-refractivity contribution in [3.63, 3.8) is 0 Å². The van der Waals surface area contributed by atoms with Crippen LogP contribution in [-0.2, 0) is 14.3 Å². The van der Waals surface area contributed by atoms with Crippen molar-refractivity contribution < 1.29 is 14.3 Å². The monoisotopic (exact) mass is 232 g/mol. The Morgan fingerprint density at radius 1 is 1.24 bits per heavy atom. The molecule has 0 amide bonds. The number of hydrogen-bond donors (Lipinski definition) is 0. The summed E-state index contributed by atoms with van der Waals surface area (Å²) in [5, 5.41) is 0. The standard InChI is InChI=1S/C14H16O3/c1-3-17-14(16)10-13(11(2)15)9-12-7-5-4-6-8-12/h4-9H,3,10H2,1-2H3/b13-9+. The number of ketones is 1. The molecule has 90 valence electrons. The van der Waals surface area contributed by atoms with Crippen LogP contribution in [0.1, 0.15) is 25.8 Å². The highest BCUT2D eigenvalue weighted by Gasteiger charge is 2.10. The molecule has 0 unspecified atom stereocenters. The van der Waals surface area contributed by atoms with Gasteiger partial charge in [-0.1, -0.05) is 30.3 Å². The maximum absolute atomic E-state index is 11.4. The molecule has 3 nitrogen and oxygen atoms in total. The van der Waals surface area contributed by atoms with Crippen LogP contribution >= 0.6 is 0 Å². The molecule has 0 aromatic heterocycles. The van der Waals surface area contributed by atoms with E-state index >= 15 is 0 Å². The van der Waals surface area contributed by atoms with Gasteiger partial charge in [-0.2, -0.15) is 0 Å². The Hall–Kier alpha value is -1.90. The Labute approximate surface area is 101 Å². The molecule has 0 atom stereocenters. The first-order valence-electron chi connectivity index (χ1n) is 5.55.